The van der Waals surface area contributed by atoms with Gasteiger partial charge < -0.3 is 0 Å². The van der Waals surface area contributed by atoms with Gasteiger partial charge in [-0.05, 0) is 49.4 Å². The molecule has 0 heterocycles. The smallest absolute Gasteiger partial charge is 0.133 e. The van der Waals surface area contributed by atoms with E-state index in [4.69, 9.17) is 0 Å². The van der Waals surface area contributed by atoms with Crippen molar-refractivity contribution < 1.29 is 4.79 Å². The minimum atomic E-state index is 0.385. The maximum Gasteiger partial charge on any atom is 0.133 e. The van der Waals surface area contributed by atoms with Crippen molar-refractivity contribution >= 4 is 5.78 Å². The van der Waals surface area contributed by atoms with E-state index in [9.17, 15) is 4.79 Å². The Morgan fingerprint density at radius 1 is 1.38 bits per heavy atom. The van der Waals surface area contributed by atoms with Crippen molar-refractivity contribution in [2.24, 2.45) is 23.2 Å². The van der Waals surface area contributed by atoms with Crippen LogP contribution in [-0.2, 0) is 4.79 Å². The van der Waals surface area contributed by atoms with E-state index < -0.39 is 0 Å². The molecule has 2 aliphatic rings. The highest BCUT2D eigenvalue weighted by Crippen LogP contribution is 2.54. The minimum Gasteiger partial charge on any atom is -0.300 e. The number of hydrogen-bond acceptors (Lipinski definition) is 1. The van der Waals surface area contributed by atoms with Gasteiger partial charge in [0.15, 0.2) is 0 Å². The maximum atomic E-state index is 11.7. The average molecular weight is 220 g/mol. The lowest BCUT2D eigenvalue weighted by molar-refractivity contribution is -0.130. The van der Waals surface area contributed by atoms with Crippen molar-refractivity contribution in [2.45, 2.75) is 52.9 Å². The lowest BCUT2D eigenvalue weighted by atomic mass is 9.53. The topological polar surface area (TPSA) is 17.1 Å². The van der Waals surface area contributed by atoms with Gasteiger partial charge in [-0.3, -0.25) is 4.79 Å². The minimum absolute atomic E-state index is 0.385. The first-order valence-corrected chi connectivity index (χ1v) is 6.60. The normalized spacial score (nSPS) is 43.9. The van der Waals surface area contributed by atoms with Crippen LogP contribution in [0.3, 0.4) is 0 Å². The Kier molecular flexibility index (Phi) is 2.98. The molecule has 0 aliphatic heterocycles. The van der Waals surface area contributed by atoms with E-state index in [0.717, 1.165) is 12.8 Å². The predicted octanol–water partition coefficient (Wildman–Crippen LogP) is 3.98. The Hall–Kier alpha value is -0.590. The van der Waals surface area contributed by atoms with Crippen molar-refractivity contribution in [1.29, 1.82) is 0 Å². The monoisotopic (exact) mass is 220 g/mol. The molecule has 2 saturated carbocycles. The lowest BCUT2D eigenvalue weighted by Gasteiger charge is -2.51. The SMILES string of the molecule is C=C(C)[C@@H]1CC[C@H]2CC(=O)C[C@@H](C)[C@]2(C)C1. The first-order chi connectivity index (χ1) is 7.43. The van der Waals surface area contributed by atoms with Gasteiger partial charge in [0.25, 0.3) is 0 Å². The summed E-state index contributed by atoms with van der Waals surface area (Å²) in [6, 6.07) is 0. The fraction of sp³-hybridized carbons (Fsp3) is 0.800. The molecule has 0 aromatic carbocycles. The zero-order valence-corrected chi connectivity index (χ0v) is 10.9. The molecule has 0 unspecified atom stereocenters. The van der Waals surface area contributed by atoms with Crippen LogP contribution in [0.2, 0.25) is 0 Å². The van der Waals surface area contributed by atoms with Crippen LogP contribution >= 0.6 is 0 Å². The van der Waals surface area contributed by atoms with E-state index in [1.165, 1.54) is 24.8 Å². The lowest BCUT2D eigenvalue weighted by Crippen LogP contribution is -2.45. The molecule has 1 heteroatoms. The fourth-order valence-electron chi connectivity index (χ4n) is 3.82. The number of rotatable bonds is 1. The van der Waals surface area contributed by atoms with Gasteiger partial charge in [0.2, 0.25) is 0 Å². The van der Waals surface area contributed by atoms with Crippen LogP contribution in [0.15, 0.2) is 12.2 Å². The van der Waals surface area contributed by atoms with Crippen LogP contribution in [0, 0.1) is 23.2 Å². The molecule has 4 atom stereocenters. The molecule has 2 fully saturated rings. The summed E-state index contributed by atoms with van der Waals surface area (Å²) in [5.41, 5.74) is 1.72. The molecule has 0 aromatic rings. The van der Waals surface area contributed by atoms with Gasteiger partial charge in [-0.25, -0.2) is 0 Å². The Balaban J connectivity index is 2.19. The summed E-state index contributed by atoms with van der Waals surface area (Å²) in [4.78, 5) is 11.7. The van der Waals surface area contributed by atoms with Crippen LogP contribution in [-0.4, -0.2) is 5.78 Å². The molecule has 16 heavy (non-hydrogen) atoms. The fourth-order valence-corrected chi connectivity index (χ4v) is 3.82. The zero-order valence-electron chi connectivity index (χ0n) is 10.9. The van der Waals surface area contributed by atoms with Crippen LogP contribution < -0.4 is 0 Å². The molecule has 0 saturated heterocycles. The van der Waals surface area contributed by atoms with E-state index in [0.29, 0.717) is 29.0 Å². The molecule has 90 valence electrons. The van der Waals surface area contributed by atoms with Gasteiger partial charge in [-0.15, -0.1) is 0 Å². The summed E-state index contributed by atoms with van der Waals surface area (Å²) in [5, 5.41) is 0. The Morgan fingerprint density at radius 3 is 2.69 bits per heavy atom. The molecule has 0 amide bonds. The molecule has 0 radical (unpaired) electrons. The number of hydrogen-bond donors (Lipinski definition) is 0. The van der Waals surface area contributed by atoms with Crippen LogP contribution in [0.4, 0.5) is 0 Å². The second-order valence-corrected chi connectivity index (χ2v) is 6.38. The van der Waals surface area contributed by atoms with Crippen molar-refractivity contribution in [3.63, 3.8) is 0 Å². The summed E-state index contributed by atoms with van der Waals surface area (Å²) in [6.07, 6.45) is 5.36. The molecule has 0 N–H and O–H groups in total. The van der Waals surface area contributed by atoms with E-state index in [1.807, 2.05) is 0 Å². The van der Waals surface area contributed by atoms with Crippen molar-refractivity contribution in [3.05, 3.63) is 12.2 Å². The van der Waals surface area contributed by atoms with Crippen molar-refractivity contribution in [1.82, 2.24) is 0 Å². The number of Topliss-reactive ketones (excluding diaryl/α,β-unsaturated/α-hetero) is 1. The highest BCUT2D eigenvalue weighted by Gasteiger charge is 2.47. The van der Waals surface area contributed by atoms with Crippen LogP contribution in [0.25, 0.3) is 0 Å². The van der Waals surface area contributed by atoms with Crippen LogP contribution in [0.5, 0.6) is 0 Å². The third-order valence-corrected chi connectivity index (χ3v) is 5.31. The Morgan fingerprint density at radius 2 is 2.06 bits per heavy atom. The van der Waals surface area contributed by atoms with Gasteiger partial charge in [-0.2, -0.15) is 0 Å². The van der Waals surface area contributed by atoms with Crippen LogP contribution in [0.1, 0.15) is 52.9 Å². The molecule has 2 rings (SSSR count). The highest BCUT2D eigenvalue weighted by molar-refractivity contribution is 5.80. The average Bonchev–Trinajstić information content (AvgIpc) is 2.19. The third kappa shape index (κ3) is 1.85. The Labute approximate surface area is 99.3 Å². The first kappa shape index (κ1) is 11.9. The molecule has 0 aromatic heterocycles. The number of allylic oxidation sites excluding steroid dienone is 1. The summed E-state index contributed by atoms with van der Waals surface area (Å²) >= 11 is 0. The van der Waals surface area contributed by atoms with E-state index in [-0.39, 0.29) is 0 Å². The van der Waals surface area contributed by atoms with Gasteiger partial charge in [-0.1, -0.05) is 26.0 Å². The molecular weight excluding hydrogens is 196 g/mol. The van der Waals surface area contributed by atoms with Gasteiger partial charge in [0.05, 0.1) is 0 Å². The number of ketones is 1. The van der Waals surface area contributed by atoms with E-state index in [1.54, 1.807) is 0 Å². The number of carbonyl (C=O) groups is 1. The second kappa shape index (κ2) is 4.01. The first-order valence-electron chi connectivity index (χ1n) is 6.60. The third-order valence-electron chi connectivity index (χ3n) is 5.31. The largest absolute Gasteiger partial charge is 0.300 e. The van der Waals surface area contributed by atoms with Gasteiger partial charge in [0, 0.05) is 12.8 Å². The highest BCUT2D eigenvalue weighted by atomic mass is 16.1. The van der Waals surface area contributed by atoms with E-state index >= 15 is 0 Å². The summed E-state index contributed by atoms with van der Waals surface area (Å²) in [7, 11) is 0. The Bertz CT molecular complexity index is 317. The summed E-state index contributed by atoms with van der Waals surface area (Å²) < 4.78 is 0. The molecule has 0 bridgehead atoms. The van der Waals surface area contributed by atoms with Gasteiger partial charge >= 0.3 is 0 Å². The van der Waals surface area contributed by atoms with Crippen molar-refractivity contribution in [3.8, 4) is 0 Å². The second-order valence-electron chi connectivity index (χ2n) is 6.38. The predicted molar refractivity (Wildman–Crippen MR) is 67.2 cm³/mol. The number of carbonyl (C=O) groups excluding carboxylic acids is 1. The summed E-state index contributed by atoms with van der Waals surface area (Å²) in [6.45, 7) is 11.0. The van der Waals surface area contributed by atoms with E-state index in [2.05, 4.69) is 27.4 Å². The maximum absolute atomic E-state index is 11.7. The van der Waals surface area contributed by atoms with Gasteiger partial charge in [0.1, 0.15) is 5.78 Å². The standard InChI is InChI=1S/C15H24O/c1-10(2)12-5-6-13-8-14(16)7-11(3)15(13,4)9-12/h11-13H,1,5-9H2,2-4H3/t11-,12-,13+,15+/m1/s1. The van der Waals surface area contributed by atoms with Crippen molar-refractivity contribution in [2.75, 3.05) is 0 Å². The molecule has 2 aliphatic carbocycles. The number of fused-ring (bicyclic) bond motifs is 1. The molecule has 1 nitrogen and oxygen atoms in total. The quantitative estimate of drug-likeness (QED) is 0.611. The zero-order chi connectivity index (χ0) is 11.9. The molecule has 0 spiro atoms. The summed E-state index contributed by atoms with van der Waals surface area (Å²) in [5.74, 6) is 2.38. The molecular formula is C15H24O.